The number of para-hydroxylation sites is 2. The highest BCUT2D eigenvalue weighted by Gasteiger charge is 2.24. The highest BCUT2D eigenvalue weighted by atomic mass is 32.2. The number of thioether (sulfide) groups is 2. The van der Waals surface area contributed by atoms with E-state index in [0.717, 1.165) is 17.0 Å². The van der Waals surface area contributed by atoms with E-state index in [0.29, 0.717) is 34.4 Å². The van der Waals surface area contributed by atoms with Crippen LogP contribution in [-0.2, 0) is 11.3 Å². The van der Waals surface area contributed by atoms with Crippen LogP contribution in [0.1, 0.15) is 20.3 Å². The molecule has 1 amide bonds. The molecule has 4 rings (SSSR count). The minimum absolute atomic E-state index is 0.0437. The SMILES string of the molecule is CCn1c(SCC(=O)N2CCC(C)Sc3ccccc32)nc2ccccc2c1=O. The molecule has 0 saturated heterocycles. The number of benzene rings is 2. The van der Waals surface area contributed by atoms with Gasteiger partial charge < -0.3 is 4.90 Å². The number of fused-ring (bicyclic) bond motifs is 2. The summed E-state index contributed by atoms with van der Waals surface area (Å²) < 4.78 is 1.65. The molecule has 0 fully saturated rings. The van der Waals surface area contributed by atoms with E-state index in [1.807, 2.05) is 60.0 Å². The third-order valence-electron chi connectivity index (χ3n) is 5.01. The van der Waals surface area contributed by atoms with Gasteiger partial charge in [0.15, 0.2) is 5.16 Å². The maximum absolute atomic E-state index is 13.1. The summed E-state index contributed by atoms with van der Waals surface area (Å²) in [5, 5.41) is 1.67. The fourth-order valence-corrected chi connectivity index (χ4v) is 5.54. The summed E-state index contributed by atoms with van der Waals surface area (Å²) in [6.07, 6.45) is 0.948. The van der Waals surface area contributed by atoms with Gasteiger partial charge >= 0.3 is 0 Å². The number of rotatable bonds is 4. The second kappa shape index (κ2) is 8.63. The lowest BCUT2D eigenvalue weighted by atomic mass is 10.2. The quantitative estimate of drug-likeness (QED) is 0.457. The lowest BCUT2D eigenvalue weighted by molar-refractivity contribution is -0.116. The second-order valence-electron chi connectivity index (χ2n) is 6.98. The first-order valence-electron chi connectivity index (χ1n) is 9.77. The van der Waals surface area contributed by atoms with Crippen LogP contribution in [0.5, 0.6) is 0 Å². The Morgan fingerprint density at radius 2 is 1.97 bits per heavy atom. The van der Waals surface area contributed by atoms with Crippen molar-refractivity contribution in [2.45, 2.75) is 42.1 Å². The molecule has 0 saturated carbocycles. The molecule has 1 aliphatic rings. The summed E-state index contributed by atoms with van der Waals surface area (Å²) in [6, 6.07) is 15.4. The first-order chi connectivity index (χ1) is 14.1. The normalized spacial score (nSPS) is 16.5. The van der Waals surface area contributed by atoms with Gasteiger partial charge in [-0.15, -0.1) is 11.8 Å². The Labute approximate surface area is 178 Å². The van der Waals surface area contributed by atoms with Crippen molar-refractivity contribution in [2.24, 2.45) is 0 Å². The van der Waals surface area contributed by atoms with Crippen LogP contribution in [0.4, 0.5) is 5.69 Å². The van der Waals surface area contributed by atoms with Gasteiger partial charge in [0.1, 0.15) is 0 Å². The smallest absolute Gasteiger partial charge is 0.262 e. The number of hydrogen-bond donors (Lipinski definition) is 0. The molecule has 150 valence electrons. The molecule has 29 heavy (non-hydrogen) atoms. The number of amides is 1. The van der Waals surface area contributed by atoms with Gasteiger partial charge in [0, 0.05) is 23.2 Å². The van der Waals surface area contributed by atoms with Crippen molar-refractivity contribution >= 4 is 46.0 Å². The standard InChI is InChI=1S/C22H23N3O2S2/c1-3-24-21(27)16-8-4-5-9-17(16)23-22(24)28-14-20(26)25-13-12-15(2)29-19-11-7-6-10-18(19)25/h4-11,15H,3,12-14H2,1-2H3. The van der Waals surface area contributed by atoms with E-state index >= 15 is 0 Å². The second-order valence-corrected chi connectivity index (χ2v) is 9.40. The van der Waals surface area contributed by atoms with Crippen molar-refractivity contribution in [3.8, 4) is 0 Å². The first kappa shape index (κ1) is 20.0. The molecule has 0 N–H and O–H groups in total. The van der Waals surface area contributed by atoms with E-state index in [9.17, 15) is 9.59 Å². The fraction of sp³-hybridized carbons (Fsp3) is 0.318. The molecular weight excluding hydrogens is 402 g/mol. The van der Waals surface area contributed by atoms with Gasteiger partial charge in [0.2, 0.25) is 5.91 Å². The van der Waals surface area contributed by atoms with Crippen LogP contribution >= 0.6 is 23.5 Å². The van der Waals surface area contributed by atoms with Gasteiger partial charge in [-0.1, -0.05) is 43.0 Å². The Morgan fingerprint density at radius 3 is 2.79 bits per heavy atom. The topological polar surface area (TPSA) is 55.2 Å². The third kappa shape index (κ3) is 4.07. The third-order valence-corrected chi connectivity index (χ3v) is 7.21. The summed E-state index contributed by atoms with van der Waals surface area (Å²) in [4.78, 5) is 33.6. The zero-order chi connectivity index (χ0) is 20.4. The van der Waals surface area contributed by atoms with Crippen LogP contribution in [0.15, 0.2) is 63.4 Å². The Kier molecular flexibility index (Phi) is 5.96. The Balaban J connectivity index is 1.60. The number of anilines is 1. The Hall–Kier alpha value is -2.25. The maximum atomic E-state index is 13.1. The van der Waals surface area contributed by atoms with Crippen LogP contribution in [0, 0.1) is 0 Å². The van der Waals surface area contributed by atoms with Crippen molar-refractivity contribution in [3.63, 3.8) is 0 Å². The lowest BCUT2D eigenvalue weighted by Gasteiger charge is -2.22. The molecular formula is C22H23N3O2S2. The van der Waals surface area contributed by atoms with E-state index < -0.39 is 0 Å². The predicted octanol–water partition coefficient (Wildman–Crippen LogP) is 4.43. The molecule has 1 atom stereocenters. The molecule has 7 heteroatoms. The van der Waals surface area contributed by atoms with Crippen LogP contribution in [0.3, 0.4) is 0 Å². The van der Waals surface area contributed by atoms with Crippen LogP contribution < -0.4 is 10.5 Å². The van der Waals surface area contributed by atoms with E-state index in [4.69, 9.17) is 0 Å². The van der Waals surface area contributed by atoms with Gasteiger partial charge in [0.05, 0.1) is 22.3 Å². The molecule has 3 aromatic rings. The molecule has 1 aliphatic heterocycles. The zero-order valence-electron chi connectivity index (χ0n) is 16.5. The molecule has 0 aliphatic carbocycles. The predicted molar refractivity (Wildman–Crippen MR) is 121 cm³/mol. The minimum atomic E-state index is -0.0570. The van der Waals surface area contributed by atoms with Gasteiger partial charge in [-0.05, 0) is 37.6 Å². The van der Waals surface area contributed by atoms with E-state index in [1.54, 1.807) is 10.6 Å². The number of carbonyl (C=O) groups is 1. The average molecular weight is 426 g/mol. The zero-order valence-corrected chi connectivity index (χ0v) is 18.1. The Morgan fingerprint density at radius 1 is 1.21 bits per heavy atom. The number of hydrogen-bond acceptors (Lipinski definition) is 5. The molecule has 0 bridgehead atoms. The molecule has 2 aromatic carbocycles. The first-order valence-corrected chi connectivity index (χ1v) is 11.6. The highest BCUT2D eigenvalue weighted by Crippen LogP contribution is 2.37. The molecule has 0 radical (unpaired) electrons. The number of nitrogens with zero attached hydrogens (tertiary/aromatic N) is 3. The van der Waals surface area contributed by atoms with E-state index in [2.05, 4.69) is 18.0 Å². The number of carbonyl (C=O) groups excluding carboxylic acids is 1. The molecule has 2 heterocycles. The van der Waals surface area contributed by atoms with Crippen LogP contribution in [0.2, 0.25) is 0 Å². The van der Waals surface area contributed by atoms with E-state index in [-0.39, 0.29) is 17.2 Å². The van der Waals surface area contributed by atoms with Crippen molar-refractivity contribution in [1.29, 1.82) is 0 Å². The fourth-order valence-electron chi connectivity index (χ4n) is 3.49. The maximum Gasteiger partial charge on any atom is 0.262 e. The molecule has 0 spiro atoms. The monoisotopic (exact) mass is 425 g/mol. The summed E-state index contributed by atoms with van der Waals surface area (Å²) in [5.74, 6) is 0.292. The average Bonchev–Trinajstić information content (AvgIpc) is 2.90. The molecule has 5 nitrogen and oxygen atoms in total. The summed E-state index contributed by atoms with van der Waals surface area (Å²) in [5.41, 5.74) is 1.59. The molecule has 1 aromatic heterocycles. The Bertz CT molecular complexity index is 1110. The largest absolute Gasteiger partial charge is 0.311 e. The van der Waals surface area contributed by atoms with Gasteiger partial charge in [0.25, 0.3) is 5.56 Å². The lowest BCUT2D eigenvalue weighted by Crippen LogP contribution is -2.34. The van der Waals surface area contributed by atoms with Crippen molar-refractivity contribution in [2.75, 3.05) is 17.2 Å². The van der Waals surface area contributed by atoms with Gasteiger partial charge in [-0.3, -0.25) is 14.2 Å². The highest BCUT2D eigenvalue weighted by molar-refractivity contribution is 8.00. The van der Waals surface area contributed by atoms with Crippen molar-refractivity contribution in [3.05, 3.63) is 58.9 Å². The van der Waals surface area contributed by atoms with Gasteiger partial charge in [-0.25, -0.2) is 4.98 Å². The van der Waals surface area contributed by atoms with Crippen LogP contribution in [0.25, 0.3) is 10.9 Å². The summed E-state index contributed by atoms with van der Waals surface area (Å²) >= 11 is 3.16. The molecule has 1 unspecified atom stereocenters. The number of aromatic nitrogens is 2. The van der Waals surface area contributed by atoms with Crippen molar-refractivity contribution < 1.29 is 4.79 Å². The van der Waals surface area contributed by atoms with Gasteiger partial charge in [-0.2, -0.15) is 0 Å². The van der Waals surface area contributed by atoms with Crippen LogP contribution in [-0.4, -0.2) is 33.0 Å². The van der Waals surface area contributed by atoms with Crippen molar-refractivity contribution in [1.82, 2.24) is 9.55 Å². The minimum Gasteiger partial charge on any atom is -0.311 e. The van der Waals surface area contributed by atoms with E-state index in [1.165, 1.54) is 11.8 Å². The summed E-state index contributed by atoms with van der Waals surface area (Å²) in [7, 11) is 0. The summed E-state index contributed by atoms with van der Waals surface area (Å²) in [6.45, 7) is 5.35.